The van der Waals surface area contributed by atoms with Crippen molar-refractivity contribution in [3.63, 3.8) is 0 Å². The smallest absolute Gasteiger partial charge is 0.244 e. The number of rotatable bonds is 11. The van der Waals surface area contributed by atoms with Gasteiger partial charge in [-0.2, -0.15) is 0 Å². The van der Waals surface area contributed by atoms with Crippen LogP contribution in [0.3, 0.4) is 0 Å². The molecule has 0 saturated heterocycles. The highest BCUT2D eigenvalue weighted by molar-refractivity contribution is 7.92. The average Bonchev–Trinajstić information content (AvgIpc) is 2.80. The molecule has 2 aromatic rings. The number of hydrogen-bond acceptors (Lipinski definition) is 4. The number of amides is 2. The summed E-state index contributed by atoms with van der Waals surface area (Å²) < 4.78 is 26.3. The van der Waals surface area contributed by atoms with Crippen molar-refractivity contribution in [1.29, 1.82) is 0 Å². The maximum atomic E-state index is 13.7. The molecule has 0 spiro atoms. The van der Waals surface area contributed by atoms with Gasteiger partial charge in [-0.25, -0.2) is 8.42 Å². The molecule has 0 aliphatic heterocycles. The molecule has 1 N–H and O–H groups in total. The molecule has 2 atom stereocenters. The third-order valence-corrected chi connectivity index (χ3v) is 8.14. The van der Waals surface area contributed by atoms with Crippen molar-refractivity contribution < 1.29 is 18.0 Å². The Morgan fingerprint density at radius 2 is 1.56 bits per heavy atom. The van der Waals surface area contributed by atoms with Crippen LogP contribution >= 0.6 is 46.4 Å². The summed E-state index contributed by atoms with van der Waals surface area (Å²) in [7, 11) is -3.98. The van der Waals surface area contributed by atoms with E-state index in [2.05, 4.69) is 5.32 Å². The van der Waals surface area contributed by atoms with E-state index in [0.29, 0.717) is 23.4 Å². The molecule has 2 aromatic carbocycles. The largest absolute Gasteiger partial charge is 0.352 e. The molecular weight excluding hydrogens is 568 g/mol. The van der Waals surface area contributed by atoms with Crippen molar-refractivity contribution in [2.45, 2.75) is 52.2 Å². The lowest BCUT2D eigenvalue weighted by Gasteiger charge is -2.33. The molecule has 12 heteroatoms. The maximum absolute atomic E-state index is 13.7. The Balaban J connectivity index is 2.52. The number of sulfonamides is 1. The topological polar surface area (TPSA) is 86.8 Å². The predicted octanol–water partition coefficient (Wildman–Crippen LogP) is 5.79. The third kappa shape index (κ3) is 7.89. The second-order valence-corrected chi connectivity index (χ2v) is 11.9. The normalized spacial score (nSPS) is 13.1. The lowest BCUT2D eigenvalue weighted by Crippen LogP contribution is -2.53. The Morgan fingerprint density at radius 3 is 2.11 bits per heavy atom. The van der Waals surface area contributed by atoms with Gasteiger partial charge in [-0.15, -0.1) is 0 Å². The van der Waals surface area contributed by atoms with Crippen molar-refractivity contribution >= 4 is 73.9 Å². The second kappa shape index (κ2) is 13.2. The van der Waals surface area contributed by atoms with Gasteiger partial charge < -0.3 is 10.2 Å². The minimum atomic E-state index is -3.98. The van der Waals surface area contributed by atoms with Crippen molar-refractivity contribution in [1.82, 2.24) is 10.2 Å². The Morgan fingerprint density at radius 1 is 0.944 bits per heavy atom. The van der Waals surface area contributed by atoms with Crippen LogP contribution in [-0.2, 0) is 26.2 Å². The highest BCUT2D eigenvalue weighted by Gasteiger charge is 2.33. The maximum Gasteiger partial charge on any atom is 0.244 e. The van der Waals surface area contributed by atoms with Crippen LogP contribution in [0.1, 0.15) is 39.2 Å². The van der Waals surface area contributed by atoms with Crippen LogP contribution in [0, 0.1) is 0 Å². The first-order valence-corrected chi connectivity index (χ1v) is 14.6. The van der Waals surface area contributed by atoms with Gasteiger partial charge in [0.1, 0.15) is 12.6 Å². The summed E-state index contributed by atoms with van der Waals surface area (Å²) in [5, 5.41) is 3.53. The summed E-state index contributed by atoms with van der Waals surface area (Å²) in [6.45, 7) is 4.95. The molecular formula is C24H29Cl4N3O4S. The summed E-state index contributed by atoms with van der Waals surface area (Å²) in [6, 6.07) is 8.56. The SMILES string of the molecule is CC[C@H](C)NC(=O)[C@H](CC)N(Cc1ccccc1Cl)C(=O)CN(c1cc(Cl)c(Cl)cc1Cl)S(C)(=O)=O. The summed E-state index contributed by atoms with van der Waals surface area (Å²) >= 11 is 24.7. The van der Waals surface area contributed by atoms with Gasteiger partial charge in [-0.3, -0.25) is 13.9 Å². The average molecular weight is 597 g/mol. The van der Waals surface area contributed by atoms with E-state index in [1.807, 2.05) is 13.8 Å². The van der Waals surface area contributed by atoms with Crippen molar-refractivity contribution in [3.05, 3.63) is 62.1 Å². The Kier molecular flexibility index (Phi) is 11.2. The summed E-state index contributed by atoms with van der Waals surface area (Å²) in [5.74, 6) is -0.959. The fourth-order valence-corrected chi connectivity index (χ4v) is 5.21. The van der Waals surface area contributed by atoms with E-state index < -0.39 is 28.5 Å². The third-order valence-electron chi connectivity index (χ3n) is 5.62. The number of nitrogens with zero attached hydrogens (tertiary/aromatic N) is 2. The number of carbonyl (C=O) groups is 2. The zero-order chi connectivity index (χ0) is 27.2. The standard InChI is InChI=1S/C24H29Cl4N3O4S/c1-5-15(3)29-24(33)21(6-2)30(13-16-9-7-8-10-17(16)25)23(32)14-31(36(4,34)35)22-12-19(27)18(26)11-20(22)28/h7-12,15,21H,5-6,13-14H2,1-4H3,(H,29,33)/t15-,21-/m0/s1. The van der Waals surface area contributed by atoms with Gasteiger partial charge in [0.15, 0.2) is 0 Å². The lowest BCUT2D eigenvalue weighted by atomic mass is 10.1. The van der Waals surface area contributed by atoms with Gasteiger partial charge in [0.05, 0.1) is 27.0 Å². The number of halogens is 4. The molecule has 0 aliphatic carbocycles. The number of anilines is 1. The van der Waals surface area contributed by atoms with Gasteiger partial charge >= 0.3 is 0 Å². The zero-order valence-corrected chi connectivity index (χ0v) is 24.2. The first-order chi connectivity index (χ1) is 16.8. The number of benzene rings is 2. The van der Waals surface area contributed by atoms with Crippen LogP contribution in [0.25, 0.3) is 0 Å². The van der Waals surface area contributed by atoms with Gasteiger partial charge in [-0.05, 0) is 43.5 Å². The first kappa shape index (κ1) is 30.5. The fourth-order valence-electron chi connectivity index (χ4n) is 3.47. The first-order valence-electron chi connectivity index (χ1n) is 11.3. The molecule has 36 heavy (non-hydrogen) atoms. The monoisotopic (exact) mass is 595 g/mol. The Hall–Kier alpha value is -1.71. The van der Waals surface area contributed by atoms with Crippen LogP contribution in [0.4, 0.5) is 5.69 Å². The molecule has 2 rings (SSSR count). The summed E-state index contributed by atoms with van der Waals surface area (Å²) in [6.07, 6.45) is 1.95. The minimum Gasteiger partial charge on any atom is -0.352 e. The molecule has 0 fully saturated rings. The van der Waals surface area contributed by atoms with E-state index in [0.717, 1.165) is 10.6 Å². The van der Waals surface area contributed by atoms with Gasteiger partial charge in [0, 0.05) is 17.6 Å². The van der Waals surface area contributed by atoms with Crippen molar-refractivity contribution in [2.24, 2.45) is 0 Å². The van der Waals surface area contributed by atoms with Gasteiger partial charge in [0.2, 0.25) is 21.8 Å². The second-order valence-electron chi connectivity index (χ2n) is 8.34. The number of nitrogens with one attached hydrogen (secondary N) is 1. The summed E-state index contributed by atoms with van der Waals surface area (Å²) in [4.78, 5) is 28.2. The molecule has 0 saturated carbocycles. The molecule has 0 bridgehead atoms. The minimum absolute atomic E-state index is 0.00170. The van der Waals surface area contributed by atoms with Crippen molar-refractivity contribution in [2.75, 3.05) is 17.1 Å². The molecule has 0 aromatic heterocycles. The Bertz CT molecular complexity index is 1210. The molecule has 0 aliphatic rings. The highest BCUT2D eigenvalue weighted by Crippen LogP contribution is 2.35. The van der Waals surface area contributed by atoms with E-state index in [1.54, 1.807) is 31.2 Å². The van der Waals surface area contributed by atoms with Crippen LogP contribution < -0.4 is 9.62 Å². The molecule has 7 nitrogen and oxygen atoms in total. The molecule has 198 valence electrons. The van der Waals surface area contributed by atoms with E-state index in [-0.39, 0.29) is 39.2 Å². The Labute approximate surface area is 232 Å². The van der Waals surface area contributed by atoms with E-state index >= 15 is 0 Å². The van der Waals surface area contributed by atoms with E-state index in [9.17, 15) is 18.0 Å². The van der Waals surface area contributed by atoms with Crippen LogP contribution in [0.2, 0.25) is 20.1 Å². The van der Waals surface area contributed by atoms with Crippen LogP contribution in [-0.4, -0.2) is 50.0 Å². The molecule has 2 amide bonds. The number of hydrogen-bond donors (Lipinski definition) is 1. The van der Waals surface area contributed by atoms with Crippen LogP contribution in [0.5, 0.6) is 0 Å². The van der Waals surface area contributed by atoms with E-state index in [1.165, 1.54) is 17.0 Å². The van der Waals surface area contributed by atoms with Crippen LogP contribution in [0.15, 0.2) is 36.4 Å². The highest BCUT2D eigenvalue weighted by atomic mass is 35.5. The zero-order valence-electron chi connectivity index (χ0n) is 20.4. The molecule has 0 unspecified atom stereocenters. The van der Waals surface area contributed by atoms with Crippen molar-refractivity contribution in [3.8, 4) is 0 Å². The fraction of sp³-hybridized carbons (Fsp3) is 0.417. The van der Waals surface area contributed by atoms with Gasteiger partial charge in [0.25, 0.3) is 0 Å². The lowest BCUT2D eigenvalue weighted by molar-refractivity contribution is -0.140. The molecule has 0 heterocycles. The van der Waals surface area contributed by atoms with Gasteiger partial charge in [-0.1, -0.05) is 78.5 Å². The predicted molar refractivity (Wildman–Crippen MR) is 148 cm³/mol. The molecule has 0 radical (unpaired) electrons. The van der Waals surface area contributed by atoms with E-state index in [4.69, 9.17) is 46.4 Å². The quantitative estimate of drug-likeness (QED) is 0.333. The summed E-state index contributed by atoms with van der Waals surface area (Å²) in [5.41, 5.74) is 0.609. The number of carbonyl (C=O) groups excluding carboxylic acids is 2.